The van der Waals surface area contributed by atoms with E-state index in [9.17, 15) is 0 Å². The number of hydrogen-bond acceptors (Lipinski definition) is 1. The first-order chi connectivity index (χ1) is 16.2. The summed E-state index contributed by atoms with van der Waals surface area (Å²) in [7, 11) is 0. The predicted octanol–water partition coefficient (Wildman–Crippen LogP) is 1.89. The van der Waals surface area contributed by atoms with E-state index in [0.29, 0.717) is 0 Å². The summed E-state index contributed by atoms with van der Waals surface area (Å²) in [6, 6.07) is 16.8. The smallest absolute Gasteiger partial charge is 0.142 e. The number of nitrogens with zero attached hydrogens (tertiary/aromatic N) is 1. The minimum absolute atomic E-state index is 0.880. The summed E-state index contributed by atoms with van der Waals surface area (Å²) in [5.41, 5.74) is 7.49. The van der Waals surface area contributed by atoms with Gasteiger partial charge >= 0.3 is 0 Å². The van der Waals surface area contributed by atoms with E-state index in [-0.39, 0.29) is 0 Å². The number of rotatable bonds is 3. The Morgan fingerprint density at radius 3 is 1.91 bits per heavy atom. The molecule has 6 rings (SSSR count). The molecule has 1 aliphatic heterocycles. The molecule has 8 bridgehead atoms. The second kappa shape index (κ2) is 7.74. The largest absolute Gasteiger partial charge is 0.355 e. The molecule has 6 nitrogen and oxygen atoms in total. The summed E-state index contributed by atoms with van der Waals surface area (Å²) in [6.45, 7) is 4.31. The fourth-order valence-electron chi connectivity index (χ4n) is 4.53. The van der Waals surface area contributed by atoms with Crippen molar-refractivity contribution < 1.29 is 0 Å². The van der Waals surface area contributed by atoms with Crippen LogP contribution >= 0.6 is 0 Å². The fourth-order valence-corrected chi connectivity index (χ4v) is 4.53. The van der Waals surface area contributed by atoms with Crippen molar-refractivity contribution in [1.82, 2.24) is 29.9 Å². The average molecular weight is 435 g/mol. The lowest BCUT2D eigenvalue weighted by atomic mass is 10.1. The second-order valence-electron chi connectivity index (χ2n) is 8.42. The van der Waals surface area contributed by atoms with E-state index in [4.69, 9.17) is 4.98 Å². The number of fused-ring (bicyclic) bond motifs is 8. The lowest BCUT2D eigenvalue weighted by molar-refractivity contribution is 0.979. The van der Waals surface area contributed by atoms with E-state index in [2.05, 4.69) is 106 Å². The molecule has 5 aromatic rings. The molecule has 0 fully saturated rings. The molecule has 5 N–H and O–H groups in total. The SMILES string of the molecule is CCc1nc(C2=c3ccc([nH]3)=Cc3ccc([nH]3)C=c3ccc([nH]3)=Cc3ccc2[nH]3)[nH]c1CC. The molecule has 1 aliphatic rings. The summed E-state index contributed by atoms with van der Waals surface area (Å²) >= 11 is 0. The zero-order valence-corrected chi connectivity index (χ0v) is 18.7. The van der Waals surface area contributed by atoms with Crippen LogP contribution in [0.3, 0.4) is 0 Å². The maximum Gasteiger partial charge on any atom is 0.142 e. The van der Waals surface area contributed by atoms with Gasteiger partial charge in [0, 0.05) is 38.8 Å². The third-order valence-corrected chi connectivity index (χ3v) is 6.14. The van der Waals surface area contributed by atoms with Gasteiger partial charge in [0.1, 0.15) is 5.82 Å². The molecule has 0 spiro atoms. The second-order valence-corrected chi connectivity index (χ2v) is 8.42. The Labute approximate surface area is 190 Å². The molecule has 0 radical (unpaired) electrons. The molecule has 0 amide bonds. The van der Waals surface area contributed by atoms with Gasteiger partial charge in [0.25, 0.3) is 0 Å². The molecule has 0 aromatic carbocycles. The summed E-state index contributed by atoms with van der Waals surface area (Å²) in [5, 5.41) is 4.14. The molecule has 0 saturated carbocycles. The maximum atomic E-state index is 4.97. The summed E-state index contributed by atoms with van der Waals surface area (Å²) in [5.74, 6) is 0.880. The van der Waals surface area contributed by atoms with E-state index >= 15 is 0 Å². The highest BCUT2D eigenvalue weighted by molar-refractivity contribution is 5.74. The van der Waals surface area contributed by atoms with Crippen LogP contribution in [-0.4, -0.2) is 29.9 Å². The monoisotopic (exact) mass is 434 g/mol. The Balaban J connectivity index is 1.65. The van der Waals surface area contributed by atoms with E-state index in [1.165, 1.54) is 5.69 Å². The molecule has 6 heterocycles. The standard InChI is InChI=1S/C27H26N6/c1-3-22-23(4-2)33-27(32-22)26-24-11-9-20(30-24)14-18-7-5-16(28-18)13-17-6-8-19(29-17)15-21-10-12-25(26)31-21/h5-15,28-31H,3-4H2,1-2H3,(H,32,33). The van der Waals surface area contributed by atoms with Crippen LogP contribution in [-0.2, 0) is 12.8 Å². The minimum Gasteiger partial charge on any atom is -0.355 e. The molecule has 0 aliphatic carbocycles. The topological polar surface area (TPSA) is 91.8 Å². The van der Waals surface area contributed by atoms with Gasteiger partial charge < -0.3 is 24.9 Å². The third kappa shape index (κ3) is 3.59. The molecule has 33 heavy (non-hydrogen) atoms. The Morgan fingerprint density at radius 1 is 0.606 bits per heavy atom. The van der Waals surface area contributed by atoms with Gasteiger partial charge in [0.2, 0.25) is 0 Å². The zero-order valence-electron chi connectivity index (χ0n) is 18.7. The van der Waals surface area contributed by atoms with Crippen LogP contribution in [0.25, 0.3) is 23.8 Å². The van der Waals surface area contributed by atoms with Gasteiger partial charge in [-0.1, -0.05) is 13.8 Å². The van der Waals surface area contributed by atoms with Crippen LogP contribution in [0, 0.1) is 0 Å². The molecule has 164 valence electrons. The first-order valence-corrected chi connectivity index (χ1v) is 11.4. The van der Waals surface area contributed by atoms with Crippen LogP contribution < -0.4 is 21.4 Å². The van der Waals surface area contributed by atoms with Crippen molar-refractivity contribution in [3.63, 3.8) is 0 Å². The van der Waals surface area contributed by atoms with Crippen molar-refractivity contribution in [2.24, 2.45) is 0 Å². The average Bonchev–Trinajstić information content (AvgIpc) is 3.62. The fraction of sp³-hybridized carbons (Fsp3) is 0.148. The third-order valence-electron chi connectivity index (χ3n) is 6.14. The van der Waals surface area contributed by atoms with Gasteiger partial charge in [-0.3, -0.25) is 0 Å². The quantitative estimate of drug-likeness (QED) is 0.289. The van der Waals surface area contributed by atoms with Gasteiger partial charge in [-0.15, -0.1) is 0 Å². The van der Waals surface area contributed by atoms with Gasteiger partial charge in [-0.2, -0.15) is 0 Å². The number of aromatic amines is 5. The van der Waals surface area contributed by atoms with Crippen LogP contribution in [0.15, 0.2) is 48.5 Å². The Kier molecular flexibility index (Phi) is 4.57. The first-order valence-electron chi connectivity index (χ1n) is 11.4. The Morgan fingerprint density at radius 2 is 1.24 bits per heavy atom. The van der Waals surface area contributed by atoms with Crippen molar-refractivity contribution in [2.75, 3.05) is 0 Å². The molecular formula is C27H26N6. The van der Waals surface area contributed by atoms with Gasteiger partial charge in [-0.05, 0) is 79.6 Å². The molecule has 0 unspecified atom stereocenters. The van der Waals surface area contributed by atoms with E-state index in [1.54, 1.807) is 0 Å². The summed E-state index contributed by atoms with van der Waals surface area (Å²) in [6.07, 6.45) is 8.19. The van der Waals surface area contributed by atoms with E-state index < -0.39 is 0 Å². The normalized spacial score (nSPS) is 12.8. The van der Waals surface area contributed by atoms with Crippen molar-refractivity contribution in [3.8, 4) is 0 Å². The zero-order chi connectivity index (χ0) is 22.4. The molecule has 0 saturated heterocycles. The van der Waals surface area contributed by atoms with Crippen LogP contribution in [0.5, 0.6) is 0 Å². The molecule has 5 aromatic heterocycles. The highest BCUT2D eigenvalue weighted by atomic mass is 14.9. The van der Waals surface area contributed by atoms with E-state index in [1.807, 2.05) is 0 Å². The number of nitrogens with one attached hydrogen (secondary N) is 5. The minimum atomic E-state index is 0.880. The number of hydrogen-bond donors (Lipinski definition) is 5. The maximum absolute atomic E-state index is 4.97. The molecule has 0 atom stereocenters. The number of aryl methyl sites for hydroxylation is 2. The predicted molar refractivity (Wildman–Crippen MR) is 131 cm³/mol. The summed E-state index contributed by atoms with van der Waals surface area (Å²) < 4.78 is 0. The molecule has 6 heteroatoms. The lowest BCUT2D eigenvalue weighted by Gasteiger charge is -2.02. The van der Waals surface area contributed by atoms with Crippen molar-refractivity contribution >= 4 is 23.8 Å². The lowest BCUT2D eigenvalue weighted by Crippen LogP contribution is -2.15. The van der Waals surface area contributed by atoms with Crippen molar-refractivity contribution in [2.45, 2.75) is 26.7 Å². The highest BCUT2D eigenvalue weighted by Gasteiger charge is 2.16. The first kappa shape index (κ1) is 19.5. The number of H-pyrrole nitrogens is 5. The molecular weight excluding hydrogens is 408 g/mol. The van der Waals surface area contributed by atoms with Crippen molar-refractivity contribution in [1.29, 1.82) is 0 Å². The Bertz CT molecular complexity index is 1670. The van der Waals surface area contributed by atoms with Gasteiger partial charge in [0.05, 0.1) is 22.3 Å². The van der Waals surface area contributed by atoms with Crippen molar-refractivity contribution in [3.05, 3.63) is 110 Å². The van der Waals surface area contributed by atoms with Crippen LogP contribution in [0.4, 0.5) is 0 Å². The van der Waals surface area contributed by atoms with E-state index in [0.717, 1.165) is 74.1 Å². The van der Waals surface area contributed by atoms with Gasteiger partial charge in [0.15, 0.2) is 0 Å². The van der Waals surface area contributed by atoms with Gasteiger partial charge in [-0.25, -0.2) is 4.98 Å². The van der Waals surface area contributed by atoms with Crippen LogP contribution in [0.2, 0.25) is 0 Å². The summed E-state index contributed by atoms with van der Waals surface area (Å²) in [4.78, 5) is 22.7. The Hall–Kier alpha value is -4.19. The number of imidazole rings is 1. The highest BCUT2D eigenvalue weighted by Crippen LogP contribution is 2.20. The van der Waals surface area contributed by atoms with Crippen LogP contribution in [0.1, 0.15) is 53.8 Å². The number of aromatic nitrogens is 6.